The van der Waals surface area contributed by atoms with Crippen LogP contribution >= 0.6 is 0 Å². The minimum atomic E-state index is -3.55. The van der Waals surface area contributed by atoms with Crippen LogP contribution in [0.1, 0.15) is 12.2 Å². The van der Waals surface area contributed by atoms with Crippen LogP contribution in [0.3, 0.4) is 0 Å². The van der Waals surface area contributed by atoms with Crippen molar-refractivity contribution in [2.75, 3.05) is 26.8 Å². The fourth-order valence-electron chi connectivity index (χ4n) is 1.81. The number of nitrogens with one attached hydrogen (secondary N) is 2. The first-order valence-corrected chi connectivity index (χ1v) is 7.41. The molecular formula is C11H18N2O4S. The van der Waals surface area contributed by atoms with Crippen molar-refractivity contribution in [1.29, 1.82) is 0 Å². The number of ether oxygens (including phenoxy) is 1. The third-order valence-corrected chi connectivity index (χ3v) is 4.13. The fraction of sp³-hybridized carbons (Fsp3) is 0.636. The van der Waals surface area contributed by atoms with E-state index in [1.807, 2.05) is 0 Å². The van der Waals surface area contributed by atoms with Crippen molar-refractivity contribution in [3.8, 4) is 0 Å². The van der Waals surface area contributed by atoms with E-state index in [0.29, 0.717) is 32.1 Å². The van der Waals surface area contributed by atoms with E-state index in [1.54, 1.807) is 13.1 Å². The van der Waals surface area contributed by atoms with Gasteiger partial charge in [-0.15, -0.1) is 0 Å². The van der Waals surface area contributed by atoms with Gasteiger partial charge in [0.2, 0.25) is 5.09 Å². The van der Waals surface area contributed by atoms with Gasteiger partial charge in [0.15, 0.2) is 0 Å². The highest BCUT2D eigenvalue weighted by molar-refractivity contribution is 7.89. The van der Waals surface area contributed by atoms with Gasteiger partial charge >= 0.3 is 0 Å². The fourth-order valence-corrected chi connectivity index (χ4v) is 2.88. The van der Waals surface area contributed by atoms with Crippen LogP contribution < -0.4 is 10.0 Å². The van der Waals surface area contributed by atoms with E-state index >= 15 is 0 Å². The normalized spacial score (nSPS) is 20.4. The Balaban J connectivity index is 1.95. The zero-order valence-corrected chi connectivity index (χ0v) is 11.1. The molecule has 0 aromatic carbocycles. The Kier molecular flexibility index (Phi) is 4.39. The summed E-state index contributed by atoms with van der Waals surface area (Å²) in [6, 6.07) is 3.13. The van der Waals surface area contributed by atoms with Crippen LogP contribution in [0.2, 0.25) is 0 Å². The molecule has 1 saturated heterocycles. The second kappa shape index (κ2) is 5.83. The van der Waals surface area contributed by atoms with Gasteiger partial charge < -0.3 is 14.5 Å². The van der Waals surface area contributed by atoms with Crippen LogP contribution in [-0.4, -0.2) is 35.2 Å². The van der Waals surface area contributed by atoms with Crippen molar-refractivity contribution < 1.29 is 17.6 Å². The van der Waals surface area contributed by atoms with Gasteiger partial charge in [-0.25, -0.2) is 13.1 Å². The highest BCUT2D eigenvalue weighted by Gasteiger charge is 2.22. The smallest absolute Gasteiger partial charge is 0.273 e. The van der Waals surface area contributed by atoms with Crippen LogP contribution in [0.5, 0.6) is 0 Å². The highest BCUT2D eigenvalue weighted by Crippen LogP contribution is 2.15. The van der Waals surface area contributed by atoms with Gasteiger partial charge in [0, 0.05) is 13.2 Å². The van der Waals surface area contributed by atoms with Crippen molar-refractivity contribution >= 4 is 10.0 Å². The standard InChI is InChI=1S/C11H18N2O4S/c1-12-7-10-2-3-11(17-10)18(14,15)13-6-9-4-5-16-8-9/h2-3,9,12-13H,4-8H2,1H3. The van der Waals surface area contributed by atoms with Crippen LogP contribution in [0.25, 0.3) is 0 Å². The highest BCUT2D eigenvalue weighted by atomic mass is 32.2. The van der Waals surface area contributed by atoms with E-state index in [4.69, 9.17) is 9.15 Å². The SMILES string of the molecule is CNCc1ccc(S(=O)(=O)NCC2CCOC2)o1. The molecule has 2 N–H and O–H groups in total. The molecule has 0 amide bonds. The summed E-state index contributed by atoms with van der Waals surface area (Å²) in [7, 11) is -1.77. The molecule has 1 atom stereocenters. The van der Waals surface area contributed by atoms with Gasteiger partial charge in [-0.05, 0) is 31.5 Å². The van der Waals surface area contributed by atoms with E-state index in [0.717, 1.165) is 6.42 Å². The van der Waals surface area contributed by atoms with Gasteiger partial charge in [0.1, 0.15) is 5.76 Å². The molecule has 0 bridgehead atoms. The zero-order chi connectivity index (χ0) is 13.0. The monoisotopic (exact) mass is 274 g/mol. The van der Waals surface area contributed by atoms with Crippen LogP contribution in [-0.2, 0) is 21.3 Å². The molecular weight excluding hydrogens is 256 g/mol. The first-order valence-electron chi connectivity index (χ1n) is 5.92. The van der Waals surface area contributed by atoms with E-state index in [2.05, 4.69) is 10.0 Å². The third kappa shape index (κ3) is 3.32. The zero-order valence-electron chi connectivity index (χ0n) is 10.3. The number of sulfonamides is 1. The summed E-state index contributed by atoms with van der Waals surface area (Å²) in [5, 5.41) is 2.86. The number of rotatable bonds is 6. The molecule has 1 aliphatic heterocycles. The van der Waals surface area contributed by atoms with E-state index in [9.17, 15) is 8.42 Å². The predicted molar refractivity (Wildman–Crippen MR) is 65.6 cm³/mol. The maximum absolute atomic E-state index is 11.9. The molecule has 0 aliphatic carbocycles. The molecule has 0 spiro atoms. The summed E-state index contributed by atoms with van der Waals surface area (Å²) in [6.07, 6.45) is 0.895. The molecule has 7 heteroatoms. The number of hydrogen-bond acceptors (Lipinski definition) is 5. The van der Waals surface area contributed by atoms with Crippen LogP contribution in [0.15, 0.2) is 21.6 Å². The molecule has 1 aliphatic rings. The molecule has 18 heavy (non-hydrogen) atoms. The predicted octanol–water partition coefficient (Wildman–Crippen LogP) is 0.314. The molecule has 2 rings (SSSR count). The van der Waals surface area contributed by atoms with E-state index in [1.165, 1.54) is 6.07 Å². The number of furan rings is 1. The Morgan fingerprint density at radius 3 is 2.94 bits per heavy atom. The molecule has 102 valence electrons. The lowest BCUT2D eigenvalue weighted by Gasteiger charge is -2.08. The topological polar surface area (TPSA) is 80.6 Å². The van der Waals surface area contributed by atoms with Crippen molar-refractivity contribution in [3.05, 3.63) is 17.9 Å². The molecule has 1 fully saturated rings. The van der Waals surface area contributed by atoms with Gasteiger partial charge in [0.05, 0.1) is 13.2 Å². The Labute approximate surface area is 107 Å². The van der Waals surface area contributed by atoms with Crippen LogP contribution in [0.4, 0.5) is 0 Å². The second-order valence-electron chi connectivity index (χ2n) is 4.33. The summed E-state index contributed by atoms with van der Waals surface area (Å²) in [5.41, 5.74) is 0. The Morgan fingerprint density at radius 2 is 2.28 bits per heavy atom. The minimum Gasteiger partial charge on any atom is -0.447 e. The van der Waals surface area contributed by atoms with Crippen molar-refractivity contribution in [2.45, 2.75) is 18.1 Å². The lowest BCUT2D eigenvalue weighted by Crippen LogP contribution is -2.29. The summed E-state index contributed by atoms with van der Waals surface area (Å²) in [4.78, 5) is 0. The van der Waals surface area contributed by atoms with Gasteiger partial charge in [0.25, 0.3) is 10.0 Å². The molecule has 1 aromatic rings. The van der Waals surface area contributed by atoms with Gasteiger partial charge in [-0.1, -0.05) is 0 Å². The molecule has 1 unspecified atom stereocenters. The average Bonchev–Trinajstić information content (AvgIpc) is 2.98. The first kappa shape index (κ1) is 13.5. The lowest BCUT2D eigenvalue weighted by molar-refractivity contribution is 0.186. The van der Waals surface area contributed by atoms with E-state index in [-0.39, 0.29) is 11.0 Å². The molecule has 0 saturated carbocycles. The van der Waals surface area contributed by atoms with Crippen molar-refractivity contribution in [2.24, 2.45) is 5.92 Å². The van der Waals surface area contributed by atoms with Gasteiger partial charge in [-0.3, -0.25) is 0 Å². The molecule has 1 aromatic heterocycles. The first-order chi connectivity index (χ1) is 8.62. The van der Waals surface area contributed by atoms with Gasteiger partial charge in [-0.2, -0.15) is 0 Å². The Hall–Kier alpha value is -0.890. The Morgan fingerprint density at radius 1 is 1.44 bits per heavy atom. The lowest BCUT2D eigenvalue weighted by atomic mass is 10.1. The van der Waals surface area contributed by atoms with Crippen molar-refractivity contribution in [3.63, 3.8) is 0 Å². The van der Waals surface area contributed by atoms with Crippen LogP contribution in [0, 0.1) is 5.92 Å². The maximum Gasteiger partial charge on any atom is 0.273 e. The summed E-state index contributed by atoms with van der Waals surface area (Å²) < 4.78 is 36.9. The quantitative estimate of drug-likeness (QED) is 0.780. The maximum atomic E-state index is 11.9. The largest absolute Gasteiger partial charge is 0.447 e. The molecule has 6 nitrogen and oxygen atoms in total. The Bertz CT molecular complexity index is 477. The van der Waals surface area contributed by atoms with Crippen molar-refractivity contribution in [1.82, 2.24) is 10.0 Å². The average molecular weight is 274 g/mol. The molecule has 2 heterocycles. The minimum absolute atomic E-state index is 0.0355. The molecule has 0 radical (unpaired) electrons. The second-order valence-corrected chi connectivity index (χ2v) is 6.03. The summed E-state index contributed by atoms with van der Waals surface area (Å²) in [6.45, 7) is 2.22. The van der Waals surface area contributed by atoms with E-state index < -0.39 is 10.0 Å². The summed E-state index contributed by atoms with van der Waals surface area (Å²) >= 11 is 0. The third-order valence-electron chi connectivity index (χ3n) is 2.84. The number of hydrogen-bond donors (Lipinski definition) is 2. The summed E-state index contributed by atoms with van der Waals surface area (Å²) in [5.74, 6) is 0.855.